The predicted octanol–water partition coefficient (Wildman–Crippen LogP) is 2.55. The van der Waals surface area contributed by atoms with Crippen LogP contribution >= 0.6 is 11.8 Å². The van der Waals surface area contributed by atoms with Gasteiger partial charge in [-0.15, -0.1) is 0 Å². The van der Waals surface area contributed by atoms with Crippen LogP contribution in [-0.2, 0) is 19.5 Å². The van der Waals surface area contributed by atoms with E-state index < -0.39 is 10.0 Å². The van der Waals surface area contributed by atoms with Crippen molar-refractivity contribution in [2.75, 3.05) is 45.8 Å². The largest absolute Gasteiger partial charge is 0.382 e. The number of sulfonamides is 1. The Bertz CT molecular complexity index is 1200. The Morgan fingerprint density at radius 3 is 2.71 bits per heavy atom. The molecule has 2 aromatic rings. The number of nitrogens with zero attached hydrogens (tertiary/aromatic N) is 4. The van der Waals surface area contributed by atoms with Crippen molar-refractivity contribution in [3.8, 4) is 5.69 Å². The minimum absolute atomic E-state index is 0.0582. The third-order valence-corrected chi connectivity index (χ3v) is 8.59. The van der Waals surface area contributed by atoms with Crippen LogP contribution in [0.15, 0.2) is 45.3 Å². The summed E-state index contributed by atoms with van der Waals surface area (Å²) >= 11 is 1.61. The highest BCUT2D eigenvalue weighted by atomic mass is 32.2. The number of aromatic nitrogens is 1. The average Bonchev–Trinajstić information content (AvgIpc) is 3.14. The fraction of sp³-hybridized carbons (Fsp3) is 0.478. The number of aryl methyl sites for hydroxylation is 1. The van der Waals surface area contributed by atoms with Gasteiger partial charge in [-0.3, -0.25) is 10.4 Å². The lowest BCUT2D eigenvalue weighted by Gasteiger charge is -2.26. The van der Waals surface area contributed by atoms with Crippen molar-refractivity contribution in [3.05, 3.63) is 47.3 Å². The van der Waals surface area contributed by atoms with Gasteiger partial charge in [0.1, 0.15) is 0 Å². The summed E-state index contributed by atoms with van der Waals surface area (Å²) in [4.78, 5) is 4.87. The van der Waals surface area contributed by atoms with Crippen LogP contribution in [0.1, 0.15) is 23.9 Å². The number of thioether (sulfide) groups is 1. The minimum Gasteiger partial charge on any atom is -0.382 e. The summed E-state index contributed by atoms with van der Waals surface area (Å²) in [6.45, 7) is 8.19. The molecule has 11 heteroatoms. The Labute approximate surface area is 205 Å². The number of ether oxygens (including phenoxy) is 2. The fourth-order valence-electron chi connectivity index (χ4n) is 4.17. The van der Waals surface area contributed by atoms with Crippen LogP contribution in [0.2, 0.25) is 0 Å². The molecule has 1 aromatic heterocycles. The molecule has 0 unspecified atom stereocenters. The summed E-state index contributed by atoms with van der Waals surface area (Å²) in [5.41, 5.74) is 7.84. The van der Waals surface area contributed by atoms with Crippen LogP contribution in [0, 0.1) is 13.8 Å². The number of aliphatic imine (C=N–C) groups is 1. The molecule has 1 fully saturated rings. The maximum atomic E-state index is 13.2. The van der Waals surface area contributed by atoms with Crippen molar-refractivity contribution in [2.24, 2.45) is 10.1 Å². The second-order valence-corrected chi connectivity index (χ2v) is 11.2. The molecule has 1 aromatic carbocycles. The molecule has 1 saturated heterocycles. The van der Waals surface area contributed by atoms with Crippen LogP contribution in [0.3, 0.4) is 0 Å². The van der Waals surface area contributed by atoms with E-state index in [1.54, 1.807) is 37.1 Å². The van der Waals surface area contributed by atoms with Crippen molar-refractivity contribution in [3.63, 3.8) is 0 Å². The molecular formula is C23H31N5O4S2. The number of hydrogen-bond donors (Lipinski definition) is 1. The number of morpholine rings is 1. The van der Waals surface area contributed by atoms with Crippen molar-refractivity contribution < 1.29 is 17.9 Å². The normalized spacial score (nSPS) is 19.6. The van der Waals surface area contributed by atoms with Gasteiger partial charge in [0.15, 0.2) is 5.17 Å². The van der Waals surface area contributed by atoms with Gasteiger partial charge in [-0.2, -0.15) is 9.41 Å². The number of benzene rings is 1. The standard InChI is InChI=1S/C23H31N5O4S2/c1-16(14-31-4)24-23-26-25-22(15-33-23)21-12-17(2)28(18(21)3)19-6-5-7-20(13-19)34(29,30)27-8-10-32-11-9-27/h5-7,12-13,16H,8-11,14-15H2,1-4H3,(H,24,26)/t16-/m1/s1. The molecular weight excluding hydrogens is 474 g/mol. The van der Waals surface area contributed by atoms with E-state index in [1.165, 1.54) is 4.31 Å². The van der Waals surface area contributed by atoms with Crippen molar-refractivity contribution >= 4 is 32.7 Å². The average molecular weight is 506 g/mol. The number of rotatable bonds is 7. The third kappa shape index (κ3) is 5.23. The van der Waals surface area contributed by atoms with Crippen LogP contribution in [0.4, 0.5) is 0 Å². The van der Waals surface area contributed by atoms with Gasteiger partial charge in [-0.25, -0.2) is 8.42 Å². The van der Waals surface area contributed by atoms with Crippen LogP contribution in [0.5, 0.6) is 0 Å². The lowest BCUT2D eigenvalue weighted by molar-refractivity contribution is 0.0730. The summed E-state index contributed by atoms with van der Waals surface area (Å²) in [5, 5.41) is 5.35. The molecule has 34 heavy (non-hydrogen) atoms. The monoisotopic (exact) mass is 505 g/mol. The molecule has 2 aliphatic rings. The van der Waals surface area contributed by atoms with Gasteiger partial charge in [-0.1, -0.05) is 17.8 Å². The Balaban J connectivity index is 1.60. The summed E-state index contributed by atoms with van der Waals surface area (Å²) in [6.07, 6.45) is 0. The summed E-state index contributed by atoms with van der Waals surface area (Å²) in [7, 11) is -1.91. The number of hydrogen-bond acceptors (Lipinski definition) is 7. The zero-order chi connectivity index (χ0) is 24.3. The van der Waals surface area contributed by atoms with E-state index in [4.69, 9.17) is 9.47 Å². The third-order valence-electron chi connectivity index (χ3n) is 5.80. The second kappa shape index (κ2) is 10.6. The Hall–Kier alpha value is -2.18. The maximum Gasteiger partial charge on any atom is 0.243 e. The molecule has 0 aliphatic carbocycles. The second-order valence-electron chi connectivity index (χ2n) is 8.33. The van der Waals surface area contributed by atoms with E-state index in [0.717, 1.165) is 33.5 Å². The van der Waals surface area contributed by atoms with E-state index in [0.29, 0.717) is 43.6 Å². The first-order chi connectivity index (χ1) is 16.3. The molecule has 3 heterocycles. The van der Waals surface area contributed by atoms with E-state index in [-0.39, 0.29) is 6.04 Å². The number of amidine groups is 1. The van der Waals surface area contributed by atoms with Gasteiger partial charge in [0.2, 0.25) is 10.0 Å². The first-order valence-electron chi connectivity index (χ1n) is 11.2. The number of nitrogens with one attached hydrogen (secondary N) is 1. The van der Waals surface area contributed by atoms with Crippen molar-refractivity contribution in [1.82, 2.24) is 14.3 Å². The smallest absolute Gasteiger partial charge is 0.243 e. The van der Waals surface area contributed by atoms with Gasteiger partial charge in [0.05, 0.1) is 36.5 Å². The predicted molar refractivity (Wildman–Crippen MR) is 136 cm³/mol. The molecule has 184 valence electrons. The van der Waals surface area contributed by atoms with Gasteiger partial charge in [0.25, 0.3) is 0 Å². The topological polar surface area (TPSA) is 97.5 Å². The SMILES string of the molecule is COC[C@@H](C)N=C1NN=C(c2cc(C)n(-c3cccc(S(=O)(=O)N4CCOCC4)c3)c2C)CS1. The van der Waals surface area contributed by atoms with Crippen molar-refractivity contribution in [1.29, 1.82) is 0 Å². The first kappa shape index (κ1) is 24.9. The maximum absolute atomic E-state index is 13.2. The van der Waals surface area contributed by atoms with E-state index in [9.17, 15) is 8.42 Å². The molecule has 4 rings (SSSR count). The molecule has 1 N–H and O–H groups in total. The van der Waals surface area contributed by atoms with Gasteiger partial charge in [0, 0.05) is 48.6 Å². The zero-order valence-electron chi connectivity index (χ0n) is 19.9. The van der Waals surface area contributed by atoms with Crippen molar-refractivity contribution in [2.45, 2.75) is 31.7 Å². The van der Waals surface area contributed by atoms with E-state index in [1.807, 2.05) is 26.8 Å². The minimum atomic E-state index is -3.57. The van der Waals surface area contributed by atoms with Gasteiger partial charge >= 0.3 is 0 Å². The van der Waals surface area contributed by atoms with Crippen LogP contribution in [0.25, 0.3) is 5.69 Å². The molecule has 0 saturated carbocycles. The van der Waals surface area contributed by atoms with Gasteiger partial charge in [-0.05, 0) is 45.0 Å². The van der Waals surface area contributed by atoms with Gasteiger partial charge < -0.3 is 14.0 Å². The summed E-state index contributed by atoms with van der Waals surface area (Å²) < 4.78 is 40.3. The quantitative estimate of drug-likeness (QED) is 0.621. The molecule has 0 radical (unpaired) electrons. The highest BCUT2D eigenvalue weighted by molar-refractivity contribution is 8.14. The molecule has 0 bridgehead atoms. The van der Waals surface area contributed by atoms with E-state index in [2.05, 4.69) is 26.2 Å². The molecule has 9 nitrogen and oxygen atoms in total. The number of methoxy groups -OCH3 is 1. The van der Waals surface area contributed by atoms with E-state index >= 15 is 0 Å². The Morgan fingerprint density at radius 1 is 1.26 bits per heavy atom. The molecule has 0 amide bonds. The fourth-order valence-corrected chi connectivity index (χ4v) is 6.48. The zero-order valence-corrected chi connectivity index (χ0v) is 21.6. The Morgan fingerprint density at radius 2 is 2.03 bits per heavy atom. The summed E-state index contributed by atoms with van der Waals surface area (Å²) in [5.74, 6) is 0.696. The van der Waals surface area contributed by atoms with Crippen LogP contribution < -0.4 is 5.43 Å². The molecule has 1 atom stereocenters. The molecule has 0 spiro atoms. The lowest BCUT2D eigenvalue weighted by Crippen LogP contribution is -2.40. The first-order valence-corrected chi connectivity index (χ1v) is 13.6. The molecule has 2 aliphatic heterocycles. The summed E-state index contributed by atoms with van der Waals surface area (Å²) in [6, 6.07) is 9.27. The highest BCUT2D eigenvalue weighted by Gasteiger charge is 2.27. The highest BCUT2D eigenvalue weighted by Crippen LogP contribution is 2.26. The number of hydrazone groups is 1. The van der Waals surface area contributed by atoms with Crippen LogP contribution in [-0.4, -0.2) is 80.0 Å². The Kier molecular flexibility index (Phi) is 7.78. The lowest BCUT2D eigenvalue weighted by atomic mass is 10.1.